The number of fused-ring (bicyclic) bond motifs is 2. The second kappa shape index (κ2) is 12.1. The third-order valence-corrected chi connectivity index (χ3v) is 7.86. The fourth-order valence-corrected chi connectivity index (χ4v) is 5.46. The van der Waals surface area contributed by atoms with Crippen LogP contribution in [0.3, 0.4) is 0 Å². The molecule has 6 rings (SSSR count). The number of H-pyrrole nitrogens is 1. The molecular formula is C34H30BrN5O. The van der Waals surface area contributed by atoms with Gasteiger partial charge in [-0.1, -0.05) is 70.3 Å². The molecule has 0 aliphatic carbocycles. The highest BCUT2D eigenvalue weighted by molar-refractivity contribution is 9.10. The summed E-state index contributed by atoms with van der Waals surface area (Å²) >= 11 is 3.59. The average molecular weight is 605 g/mol. The second-order valence-electron chi connectivity index (χ2n) is 10.2. The van der Waals surface area contributed by atoms with E-state index in [0.717, 1.165) is 80.3 Å². The maximum Gasteiger partial charge on any atom is 0.252 e. The lowest BCUT2D eigenvalue weighted by molar-refractivity contribution is 0.0952. The van der Waals surface area contributed by atoms with Crippen LogP contribution in [0.25, 0.3) is 33.1 Å². The Hall–Kier alpha value is -4.22. The minimum absolute atomic E-state index is 0.153. The number of benzene rings is 3. The van der Waals surface area contributed by atoms with Crippen molar-refractivity contribution in [2.75, 3.05) is 19.6 Å². The third-order valence-electron chi connectivity index (χ3n) is 7.36. The number of hydrogen-bond donors (Lipinski definition) is 3. The van der Waals surface area contributed by atoms with Crippen molar-refractivity contribution in [1.29, 1.82) is 0 Å². The Morgan fingerprint density at radius 1 is 1.02 bits per heavy atom. The normalized spacial score (nSPS) is 13.3. The number of carbonyl (C=O) groups excluding carboxylic acids is 1. The van der Waals surface area contributed by atoms with Gasteiger partial charge in [-0.2, -0.15) is 0 Å². The van der Waals surface area contributed by atoms with Crippen molar-refractivity contribution in [1.82, 2.24) is 20.2 Å². The maximum absolute atomic E-state index is 13.6. The smallest absolute Gasteiger partial charge is 0.252 e. The molecule has 0 bridgehead atoms. The molecule has 1 amide bonds. The van der Waals surface area contributed by atoms with Crippen LogP contribution in [0, 0.1) is 11.8 Å². The number of nitrogens with zero attached hydrogens (tertiary/aromatic N) is 2. The van der Waals surface area contributed by atoms with Crippen molar-refractivity contribution in [2.24, 2.45) is 5.73 Å². The van der Waals surface area contributed by atoms with Gasteiger partial charge in [0.25, 0.3) is 5.91 Å². The lowest BCUT2D eigenvalue weighted by Gasteiger charge is -2.19. The van der Waals surface area contributed by atoms with E-state index in [1.807, 2.05) is 66.9 Å². The number of rotatable bonds is 6. The molecule has 41 heavy (non-hydrogen) atoms. The van der Waals surface area contributed by atoms with Crippen molar-refractivity contribution in [3.63, 3.8) is 0 Å². The number of carbonyl (C=O) groups is 1. The lowest BCUT2D eigenvalue weighted by Crippen LogP contribution is -2.27. The van der Waals surface area contributed by atoms with Crippen molar-refractivity contribution in [3.8, 4) is 23.1 Å². The molecule has 0 spiro atoms. The monoisotopic (exact) mass is 603 g/mol. The summed E-state index contributed by atoms with van der Waals surface area (Å²) < 4.78 is 0.979. The molecular weight excluding hydrogens is 574 g/mol. The van der Waals surface area contributed by atoms with Gasteiger partial charge in [0.2, 0.25) is 0 Å². The van der Waals surface area contributed by atoms with Crippen LogP contribution in [-0.2, 0) is 13.1 Å². The Bertz CT molecular complexity index is 1830. The van der Waals surface area contributed by atoms with Crippen LogP contribution in [0.15, 0.2) is 89.6 Å². The number of pyridine rings is 1. The van der Waals surface area contributed by atoms with Gasteiger partial charge in [-0.05, 0) is 53.9 Å². The Morgan fingerprint density at radius 2 is 1.88 bits per heavy atom. The van der Waals surface area contributed by atoms with E-state index in [-0.39, 0.29) is 5.91 Å². The summed E-state index contributed by atoms with van der Waals surface area (Å²) in [5, 5.41) is 4.92. The summed E-state index contributed by atoms with van der Waals surface area (Å²) in [7, 11) is 0. The Kier molecular flexibility index (Phi) is 7.97. The fourth-order valence-electron chi connectivity index (χ4n) is 5.09. The van der Waals surface area contributed by atoms with Gasteiger partial charge in [0.1, 0.15) is 0 Å². The minimum Gasteiger partial charge on any atom is -0.360 e. The quantitative estimate of drug-likeness (QED) is 0.160. The molecule has 6 nitrogen and oxygen atoms in total. The highest BCUT2D eigenvalue weighted by Crippen LogP contribution is 2.32. The fraction of sp³-hybridized carbons (Fsp3) is 0.176. The summed E-state index contributed by atoms with van der Waals surface area (Å²) in [5.41, 5.74) is 12.6. The summed E-state index contributed by atoms with van der Waals surface area (Å²) in [6, 6.07) is 21.8. The summed E-state index contributed by atoms with van der Waals surface area (Å²) in [4.78, 5) is 24.3. The van der Waals surface area contributed by atoms with E-state index in [2.05, 4.69) is 61.2 Å². The van der Waals surface area contributed by atoms with Crippen LogP contribution in [0.5, 0.6) is 0 Å². The van der Waals surface area contributed by atoms with Crippen LogP contribution in [0.1, 0.15) is 33.5 Å². The van der Waals surface area contributed by atoms with E-state index < -0.39 is 0 Å². The van der Waals surface area contributed by atoms with Crippen molar-refractivity contribution < 1.29 is 4.79 Å². The summed E-state index contributed by atoms with van der Waals surface area (Å²) in [6.45, 7) is 3.60. The van der Waals surface area contributed by atoms with Crippen LogP contribution in [0.4, 0.5) is 0 Å². The highest BCUT2D eigenvalue weighted by Gasteiger charge is 2.17. The number of amides is 1. The van der Waals surface area contributed by atoms with Gasteiger partial charge in [0, 0.05) is 64.3 Å². The predicted octanol–water partition coefficient (Wildman–Crippen LogP) is 6.15. The zero-order valence-electron chi connectivity index (χ0n) is 22.6. The molecule has 0 saturated heterocycles. The molecule has 0 atom stereocenters. The molecule has 0 saturated carbocycles. The molecule has 5 aromatic rings. The van der Waals surface area contributed by atoms with E-state index in [1.165, 1.54) is 0 Å². The van der Waals surface area contributed by atoms with E-state index in [0.29, 0.717) is 18.7 Å². The van der Waals surface area contributed by atoms with Gasteiger partial charge in [-0.3, -0.25) is 9.69 Å². The first kappa shape index (κ1) is 27.0. The number of halogens is 1. The SMILES string of the molecule is NCc1ccc(CNC(=O)c2cc(-c3c[nH]c4ccc(Br)cc34)nc3cc(C#CCN4CC=CCC4)ccc23)cc1. The van der Waals surface area contributed by atoms with Crippen LogP contribution >= 0.6 is 15.9 Å². The second-order valence-corrected chi connectivity index (χ2v) is 11.1. The van der Waals surface area contributed by atoms with Crippen molar-refractivity contribution >= 4 is 43.6 Å². The summed E-state index contributed by atoms with van der Waals surface area (Å²) in [5.74, 6) is 6.46. The first-order chi connectivity index (χ1) is 20.1. The maximum atomic E-state index is 13.6. The van der Waals surface area contributed by atoms with E-state index in [9.17, 15) is 4.79 Å². The zero-order valence-corrected chi connectivity index (χ0v) is 24.2. The number of nitrogens with two attached hydrogens (primary N) is 1. The first-order valence-electron chi connectivity index (χ1n) is 13.7. The van der Waals surface area contributed by atoms with Gasteiger partial charge >= 0.3 is 0 Å². The molecule has 0 unspecified atom stereocenters. The van der Waals surface area contributed by atoms with Crippen LogP contribution in [-0.4, -0.2) is 40.4 Å². The lowest BCUT2D eigenvalue weighted by atomic mass is 10.0. The van der Waals surface area contributed by atoms with Gasteiger partial charge < -0.3 is 16.0 Å². The average Bonchev–Trinajstić information content (AvgIpc) is 3.43. The standard InChI is InChI=1S/C34H30BrN5O/c35-26-11-13-31-28(18-26)30(22-37-31)33-19-29(34(41)38-21-25-8-6-24(20-36)7-9-25)27-12-10-23(17-32(27)39-33)5-4-16-40-14-2-1-3-15-40/h1-2,6-13,17-19,22,37H,3,14-16,20-21,36H2,(H,38,41). The molecule has 204 valence electrons. The van der Waals surface area contributed by atoms with Crippen molar-refractivity contribution in [2.45, 2.75) is 19.5 Å². The molecule has 3 aromatic carbocycles. The Labute approximate surface area is 247 Å². The van der Waals surface area contributed by atoms with Gasteiger partial charge in [0.15, 0.2) is 0 Å². The molecule has 1 aliphatic rings. The zero-order chi connectivity index (χ0) is 28.2. The topological polar surface area (TPSA) is 87.0 Å². The van der Waals surface area contributed by atoms with E-state index in [1.54, 1.807) is 0 Å². The molecule has 3 heterocycles. The largest absolute Gasteiger partial charge is 0.360 e. The predicted molar refractivity (Wildman–Crippen MR) is 169 cm³/mol. The van der Waals surface area contributed by atoms with Crippen LogP contribution < -0.4 is 11.1 Å². The number of aromatic nitrogens is 2. The van der Waals surface area contributed by atoms with Crippen molar-refractivity contribution in [3.05, 3.63) is 112 Å². The molecule has 2 aromatic heterocycles. The van der Waals surface area contributed by atoms with Crippen LogP contribution in [0.2, 0.25) is 0 Å². The molecule has 4 N–H and O–H groups in total. The number of hydrogen-bond acceptors (Lipinski definition) is 4. The van der Waals surface area contributed by atoms with E-state index >= 15 is 0 Å². The van der Waals surface area contributed by atoms with Gasteiger partial charge in [0.05, 0.1) is 23.3 Å². The number of nitrogens with one attached hydrogen (secondary N) is 2. The van der Waals surface area contributed by atoms with E-state index in [4.69, 9.17) is 10.7 Å². The number of aromatic amines is 1. The first-order valence-corrected chi connectivity index (χ1v) is 14.5. The third kappa shape index (κ3) is 6.10. The minimum atomic E-state index is -0.153. The highest BCUT2D eigenvalue weighted by atomic mass is 79.9. The molecule has 1 aliphatic heterocycles. The Morgan fingerprint density at radius 3 is 2.68 bits per heavy atom. The van der Waals surface area contributed by atoms with Gasteiger partial charge in [-0.15, -0.1) is 0 Å². The molecule has 7 heteroatoms. The molecule has 0 fully saturated rings. The Balaban J connectivity index is 1.36. The molecule has 0 radical (unpaired) electrons. The van der Waals surface area contributed by atoms with Gasteiger partial charge in [-0.25, -0.2) is 4.98 Å². The summed E-state index contributed by atoms with van der Waals surface area (Å²) in [6.07, 6.45) is 7.42.